The fourth-order valence-electron chi connectivity index (χ4n) is 4.94. The number of hydrogen-bond donors (Lipinski definition) is 2. The molecule has 0 bridgehead atoms. The van der Waals surface area contributed by atoms with Crippen LogP contribution in [-0.4, -0.2) is 53.4 Å². The highest BCUT2D eigenvalue weighted by Crippen LogP contribution is 2.35. The van der Waals surface area contributed by atoms with Gasteiger partial charge in [0.05, 0.1) is 12.8 Å². The Hall–Kier alpha value is -3.78. The summed E-state index contributed by atoms with van der Waals surface area (Å²) in [4.78, 5) is 27.6. The highest BCUT2D eigenvalue weighted by atomic mass is 16.5. The molecule has 0 aliphatic carbocycles. The number of aromatic nitrogens is 3. The van der Waals surface area contributed by atoms with Gasteiger partial charge in [-0.15, -0.1) is 0 Å². The molecule has 0 radical (unpaired) electrons. The summed E-state index contributed by atoms with van der Waals surface area (Å²) in [5.41, 5.74) is 6.84. The third kappa shape index (κ3) is 4.74. The summed E-state index contributed by atoms with van der Waals surface area (Å²) in [5, 5.41) is 6.61. The number of fused-ring (bicyclic) bond motifs is 1. The van der Waals surface area contributed by atoms with Crippen molar-refractivity contribution in [1.82, 2.24) is 25.2 Å². The maximum atomic E-state index is 11.9. The number of nitrogens with one attached hydrogen (secondary N) is 2. The van der Waals surface area contributed by atoms with Gasteiger partial charge in [-0.3, -0.25) is 0 Å². The summed E-state index contributed by atoms with van der Waals surface area (Å²) in [6.07, 6.45) is 10.4. The molecule has 1 saturated heterocycles. The van der Waals surface area contributed by atoms with E-state index >= 15 is 0 Å². The van der Waals surface area contributed by atoms with Crippen molar-refractivity contribution < 1.29 is 9.53 Å². The van der Waals surface area contributed by atoms with Crippen LogP contribution in [-0.2, 0) is 4.79 Å². The van der Waals surface area contributed by atoms with Crippen LogP contribution in [0.15, 0.2) is 42.9 Å². The molecule has 0 amide bonds. The number of pyridine rings is 1. The molecule has 1 unspecified atom stereocenters. The molecule has 2 aliphatic rings. The zero-order valence-electron chi connectivity index (χ0n) is 20.3. The molecular formula is C27H30N6O2. The van der Waals surface area contributed by atoms with Gasteiger partial charge in [0.1, 0.15) is 18.1 Å². The van der Waals surface area contributed by atoms with Crippen LogP contribution in [0.1, 0.15) is 47.1 Å². The summed E-state index contributed by atoms with van der Waals surface area (Å²) in [6.45, 7) is 4.44. The van der Waals surface area contributed by atoms with Crippen molar-refractivity contribution in [2.24, 2.45) is 0 Å². The van der Waals surface area contributed by atoms with E-state index in [2.05, 4.69) is 57.7 Å². The molecule has 0 saturated carbocycles. The predicted octanol–water partition coefficient (Wildman–Crippen LogP) is 4.22. The fraction of sp³-hybridized carbons (Fsp3) is 0.333. The molecule has 1 aromatic carbocycles. The molecule has 4 heterocycles. The van der Waals surface area contributed by atoms with Crippen LogP contribution in [0.4, 0.5) is 11.5 Å². The maximum absolute atomic E-state index is 11.9. The van der Waals surface area contributed by atoms with Gasteiger partial charge in [0.25, 0.3) is 0 Å². The number of likely N-dealkylation sites (tertiary alicyclic amines) is 1. The summed E-state index contributed by atoms with van der Waals surface area (Å²) in [5.74, 6) is 1.23. The van der Waals surface area contributed by atoms with Gasteiger partial charge in [-0.25, -0.2) is 15.0 Å². The smallest absolute Gasteiger partial charge is 0.316 e. The van der Waals surface area contributed by atoms with Gasteiger partial charge >= 0.3 is 6.01 Å². The highest BCUT2D eigenvalue weighted by Gasteiger charge is 2.24. The summed E-state index contributed by atoms with van der Waals surface area (Å²) in [6, 6.07) is 8.29. The van der Waals surface area contributed by atoms with Gasteiger partial charge in [0, 0.05) is 29.2 Å². The second-order valence-electron chi connectivity index (χ2n) is 9.21. The third-order valence-corrected chi connectivity index (χ3v) is 6.87. The van der Waals surface area contributed by atoms with Crippen molar-refractivity contribution in [2.45, 2.75) is 31.7 Å². The first kappa shape index (κ1) is 23.0. The molecule has 35 heavy (non-hydrogen) atoms. The molecule has 8 nitrogen and oxygen atoms in total. The number of carbonyl (C=O) groups excluding carboxylic acids is 1. The number of benzene rings is 1. The van der Waals surface area contributed by atoms with Gasteiger partial charge in [-0.1, -0.05) is 6.07 Å². The van der Waals surface area contributed by atoms with Crippen molar-refractivity contribution in [2.75, 3.05) is 32.6 Å². The summed E-state index contributed by atoms with van der Waals surface area (Å²) < 4.78 is 5.08. The Morgan fingerprint density at radius 3 is 2.63 bits per heavy atom. The van der Waals surface area contributed by atoms with Crippen LogP contribution >= 0.6 is 0 Å². The van der Waals surface area contributed by atoms with E-state index < -0.39 is 6.04 Å². The van der Waals surface area contributed by atoms with Crippen molar-refractivity contribution in [3.8, 4) is 17.3 Å². The van der Waals surface area contributed by atoms with E-state index in [1.165, 1.54) is 31.1 Å². The molecular weight excluding hydrogens is 440 g/mol. The molecule has 2 aromatic heterocycles. The number of piperidine rings is 1. The molecule has 1 fully saturated rings. The SMILES string of the molecule is COc1ncc(-c2cc3c(c(Nc4ccc(C5CCN(C)CC5)c(C)c4)n2)C(C=O)NC=C3)cn1. The lowest BCUT2D eigenvalue weighted by Crippen LogP contribution is -2.29. The number of aldehydes is 1. The van der Waals surface area contributed by atoms with E-state index in [1.54, 1.807) is 18.6 Å². The molecule has 8 heteroatoms. The van der Waals surface area contributed by atoms with Gasteiger partial charge in [-0.2, -0.15) is 0 Å². The van der Waals surface area contributed by atoms with Crippen LogP contribution in [0.2, 0.25) is 0 Å². The van der Waals surface area contributed by atoms with Crippen LogP contribution in [0.25, 0.3) is 17.3 Å². The number of methoxy groups -OCH3 is 1. The molecule has 0 spiro atoms. The Balaban J connectivity index is 1.50. The molecule has 180 valence electrons. The average Bonchev–Trinajstić information content (AvgIpc) is 2.89. The number of nitrogens with zero attached hydrogens (tertiary/aromatic N) is 4. The minimum Gasteiger partial charge on any atom is -0.467 e. The zero-order chi connectivity index (χ0) is 24.4. The first-order valence-electron chi connectivity index (χ1n) is 11.9. The highest BCUT2D eigenvalue weighted by molar-refractivity contribution is 5.80. The monoisotopic (exact) mass is 470 g/mol. The van der Waals surface area contributed by atoms with Gasteiger partial charge in [0.2, 0.25) is 0 Å². The summed E-state index contributed by atoms with van der Waals surface area (Å²) >= 11 is 0. The third-order valence-electron chi connectivity index (χ3n) is 6.87. The van der Waals surface area contributed by atoms with Crippen LogP contribution in [0.5, 0.6) is 6.01 Å². The van der Waals surface area contributed by atoms with Crippen molar-refractivity contribution in [3.63, 3.8) is 0 Å². The quantitative estimate of drug-likeness (QED) is 0.518. The number of rotatable bonds is 6. The van der Waals surface area contributed by atoms with E-state index in [-0.39, 0.29) is 0 Å². The lowest BCUT2D eigenvalue weighted by molar-refractivity contribution is -0.109. The van der Waals surface area contributed by atoms with Crippen molar-refractivity contribution >= 4 is 23.9 Å². The van der Waals surface area contributed by atoms with Gasteiger partial charge in [0.15, 0.2) is 0 Å². The van der Waals surface area contributed by atoms with Crippen molar-refractivity contribution in [3.05, 3.63) is 65.1 Å². The number of ether oxygens (including phenoxy) is 1. The minimum absolute atomic E-state index is 0.301. The van der Waals surface area contributed by atoms with Crippen LogP contribution < -0.4 is 15.4 Å². The minimum atomic E-state index is -0.481. The number of aryl methyl sites for hydroxylation is 1. The lowest BCUT2D eigenvalue weighted by Gasteiger charge is -2.30. The van der Waals surface area contributed by atoms with Crippen LogP contribution in [0, 0.1) is 6.92 Å². The second kappa shape index (κ2) is 9.84. The van der Waals surface area contributed by atoms with Gasteiger partial charge < -0.3 is 25.1 Å². The lowest BCUT2D eigenvalue weighted by atomic mass is 9.87. The molecule has 3 aromatic rings. The second-order valence-corrected chi connectivity index (χ2v) is 9.21. The maximum Gasteiger partial charge on any atom is 0.316 e. The predicted molar refractivity (Wildman–Crippen MR) is 137 cm³/mol. The Labute approximate surface area is 205 Å². The number of carbonyl (C=O) groups is 1. The average molecular weight is 471 g/mol. The fourth-order valence-corrected chi connectivity index (χ4v) is 4.94. The number of anilines is 2. The summed E-state index contributed by atoms with van der Waals surface area (Å²) in [7, 11) is 3.72. The first-order valence-corrected chi connectivity index (χ1v) is 11.9. The Morgan fingerprint density at radius 2 is 1.94 bits per heavy atom. The zero-order valence-corrected chi connectivity index (χ0v) is 20.3. The van der Waals surface area contributed by atoms with E-state index in [4.69, 9.17) is 9.72 Å². The first-order chi connectivity index (χ1) is 17.1. The molecule has 2 aliphatic heterocycles. The van der Waals surface area contributed by atoms with E-state index in [0.717, 1.165) is 41.8 Å². The van der Waals surface area contributed by atoms with Crippen LogP contribution in [0.3, 0.4) is 0 Å². The van der Waals surface area contributed by atoms with E-state index in [1.807, 2.05) is 12.1 Å². The standard InChI is InChI=1S/C27H30N6O2/c1-17-12-21(4-5-22(17)18-7-10-33(2)11-8-18)31-26-25-19(6-9-28-24(25)16-34)13-23(32-26)20-14-29-27(35-3)30-15-20/h4-6,9,12-16,18,24,28H,7-8,10-11H2,1-3H3,(H,31,32). The van der Waals surface area contributed by atoms with Crippen molar-refractivity contribution in [1.29, 1.82) is 0 Å². The Morgan fingerprint density at radius 1 is 1.17 bits per heavy atom. The normalized spacial score (nSPS) is 18.0. The topological polar surface area (TPSA) is 92.3 Å². The molecule has 2 N–H and O–H groups in total. The molecule has 1 atom stereocenters. The van der Waals surface area contributed by atoms with E-state index in [0.29, 0.717) is 23.4 Å². The Kier molecular flexibility index (Phi) is 6.46. The Bertz CT molecular complexity index is 1250. The largest absolute Gasteiger partial charge is 0.467 e. The molecule has 5 rings (SSSR count). The number of hydrogen-bond acceptors (Lipinski definition) is 8. The van der Waals surface area contributed by atoms with E-state index in [9.17, 15) is 4.79 Å². The van der Waals surface area contributed by atoms with Gasteiger partial charge in [-0.05, 0) is 93.0 Å².